The van der Waals surface area contributed by atoms with Crippen LogP contribution in [0.4, 0.5) is 0 Å². The fourth-order valence-electron chi connectivity index (χ4n) is 12.0. The van der Waals surface area contributed by atoms with Gasteiger partial charge < -0.3 is 33.8 Å². The van der Waals surface area contributed by atoms with Crippen molar-refractivity contribution < 1.29 is 80.2 Å². The zero-order chi connectivity index (χ0) is 71.4. The number of rotatable bonds is 77. The highest BCUT2D eigenvalue weighted by atomic mass is 31.2. The number of ether oxygens (including phenoxy) is 4. The fraction of sp³-hybridized carbons (Fsp3) is 0.949. The predicted octanol–water partition coefficient (Wildman–Crippen LogP) is 23.1. The summed E-state index contributed by atoms with van der Waals surface area (Å²) < 4.78 is 68.6. The monoisotopic (exact) mass is 1420 g/mol. The third kappa shape index (κ3) is 70.9. The van der Waals surface area contributed by atoms with Crippen LogP contribution in [0.5, 0.6) is 0 Å². The first kappa shape index (κ1) is 95.1. The van der Waals surface area contributed by atoms with Crippen LogP contribution < -0.4 is 0 Å². The van der Waals surface area contributed by atoms with Crippen molar-refractivity contribution in [3.63, 3.8) is 0 Å². The topological polar surface area (TPSA) is 237 Å². The lowest BCUT2D eigenvalue weighted by molar-refractivity contribution is -0.161. The average Bonchev–Trinajstić information content (AvgIpc) is 1.37. The van der Waals surface area contributed by atoms with E-state index in [2.05, 4.69) is 41.5 Å². The van der Waals surface area contributed by atoms with Crippen LogP contribution >= 0.6 is 15.6 Å². The third-order valence-corrected chi connectivity index (χ3v) is 20.5. The average molecular weight is 1420 g/mol. The number of hydrogen-bond acceptors (Lipinski definition) is 15. The molecule has 0 saturated carbocycles. The van der Waals surface area contributed by atoms with Gasteiger partial charge in [-0.1, -0.05) is 356 Å². The van der Waals surface area contributed by atoms with Crippen molar-refractivity contribution in [2.75, 3.05) is 39.6 Å². The molecule has 0 rings (SSSR count). The molecule has 0 aliphatic heterocycles. The van der Waals surface area contributed by atoms with Gasteiger partial charge in [-0.3, -0.25) is 37.3 Å². The van der Waals surface area contributed by atoms with E-state index in [0.29, 0.717) is 25.7 Å². The Morgan fingerprint density at radius 1 is 0.299 bits per heavy atom. The van der Waals surface area contributed by atoms with Crippen LogP contribution in [0, 0.1) is 11.8 Å². The number of phosphoric acid groups is 2. The van der Waals surface area contributed by atoms with E-state index in [1.54, 1.807) is 0 Å². The number of carbonyl (C=O) groups is 4. The highest BCUT2D eigenvalue weighted by molar-refractivity contribution is 7.47. The molecule has 0 aromatic heterocycles. The normalized spacial score (nSPS) is 14.2. The van der Waals surface area contributed by atoms with Gasteiger partial charge in [-0.05, 0) is 37.5 Å². The second-order valence-corrected chi connectivity index (χ2v) is 31.7. The zero-order valence-electron chi connectivity index (χ0n) is 63.4. The Labute approximate surface area is 594 Å². The predicted molar refractivity (Wildman–Crippen MR) is 395 cm³/mol. The van der Waals surface area contributed by atoms with Crippen LogP contribution in [0.1, 0.15) is 408 Å². The van der Waals surface area contributed by atoms with E-state index in [1.807, 2.05) is 0 Å². The summed E-state index contributed by atoms with van der Waals surface area (Å²) in [5.41, 5.74) is 0. The Hall–Kier alpha value is -1.94. The van der Waals surface area contributed by atoms with Crippen molar-refractivity contribution in [1.29, 1.82) is 0 Å². The lowest BCUT2D eigenvalue weighted by Crippen LogP contribution is -2.30. The van der Waals surface area contributed by atoms with Crippen molar-refractivity contribution in [2.24, 2.45) is 11.8 Å². The molecule has 0 bridgehead atoms. The molecule has 97 heavy (non-hydrogen) atoms. The van der Waals surface area contributed by atoms with E-state index in [4.69, 9.17) is 37.0 Å². The summed E-state index contributed by atoms with van der Waals surface area (Å²) in [6.07, 6.45) is 58.3. The van der Waals surface area contributed by atoms with Crippen molar-refractivity contribution >= 4 is 39.5 Å². The summed E-state index contributed by atoms with van der Waals surface area (Å²) in [6, 6.07) is 0. The van der Waals surface area contributed by atoms with Gasteiger partial charge in [0.25, 0.3) is 0 Å². The Balaban J connectivity index is 5.21. The first-order chi connectivity index (χ1) is 46.9. The van der Waals surface area contributed by atoms with E-state index in [0.717, 1.165) is 102 Å². The maximum atomic E-state index is 13.1. The van der Waals surface area contributed by atoms with Gasteiger partial charge in [0, 0.05) is 25.7 Å². The van der Waals surface area contributed by atoms with Crippen LogP contribution in [-0.2, 0) is 65.4 Å². The minimum absolute atomic E-state index is 0.105. The number of aliphatic hydroxyl groups is 1. The second-order valence-electron chi connectivity index (χ2n) is 28.8. The molecule has 0 aromatic rings. The Morgan fingerprint density at radius 3 is 0.784 bits per heavy atom. The zero-order valence-corrected chi connectivity index (χ0v) is 65.2. The van der Waals surface area contributed by atoms with Crippen LogP contribution in [0.15, 0.2) is 0 Å². The van der Waals surface area contributed by atoms with Crippen molar-refractivity contribution in [1.82, 2.24) is 0 Å². The molecule has 0 fully saturated rings. The molecule has 0 aliphatic carbocycles. The molecule has 0 aromatic carbocycles. The SMILES string of the molecule is CCCCCCCCCCCCCCCCCCCCCCC(=O)O[C@H](COC(=O)CCCCCCCCCCCCCCCC(C)C)COP(=O)(O)OC[C@@H](O)COP(=O)(O)OC[C@@H](COC(=O)CCCCCCCCCCC)OC(=O)CCCCCCCCCCC(C)CC. The highest BCUT2D eigenvalue weighted by Gasteiger charge is 2.30. The second kappa shape index (κ2) is 69.8. The van der Waals surface area contributed by atoms with Gasteiger partial charge in [-0.2, -0.15) is 0 Å². The number of carbonyl (C=O) groups excluding carboxylic acids is 4. The lowest BCUT2D eigenvalue weighted by Gasteiger charge is -2.21. The molecule has 0 saturated heterocycles. The van der Waals surface area contributed by atoms with Crippen LogP contribution in [0.2, 0.25) is 0 Å². The minimum atomic E-state index is -4.96. The van der Waals surface area contributed by atoms with Gasteiger partial charge in [-0.25, -0.2) is 9.13 Å². The molecule has 0 amide bonds. The summed E-state index contributed by atoms with van der Waals surface area (Å²) in [6.45, 7) is 9.61. The highest BCUT2D eigenvalue weighted by Crippen LogP contribution is 2.45. The number of phosphoric ester groups is 2. The molecule has 0 heterocycles. The van der Waals surface area contributed by atoms with E-state index in [1.165, 1.54) is 225 Å². The van der Waals surface area contributed by atoms with Crippen LogP contribution in [0.3, 0.4) is 0 Å². The largest absolute Gasteiger partial charge is 0.472 e. The van der Waals surface area contributed by atoms with E-state index < -0.39 is 97.5 Å². The first-order valence-electron chi connectivity index (χ1n) is 40.5. The molecule has 0 spiro atoms. The third-order valence-electron chi connectivity index (χ3n) is 18.6. The number of hydrogen-bond donors (Lipinski definition) is 3. The summed E-state index contributed by atoms with van der Waals surface area (Å²) in [4.78, 5) is 72.8. The molecule has 0 radical (unpaired) electrons. The maximum absolute atomic E-state index is 13.1. The molecule has 19 heteroatoms. The molecule has 17 nitrogen and oxygen atoms in total. The van der Waals surface area contributed by atoms with E-state index >= 15 is 0 Å². The molecule has 6 atom stereocenters. The van der Waals surface area contributed by atoms with Gasteiger partial charge in [0.1, 0.15) is 19.3 Å². The molecule has 3 N–H and O–H groups in total. The van der Waals surface area contributed by atoms with Crippen molar-refractivity contribution in [2.45, 2.75) is 426 Å². The molecular weight excluding hydrogens is 1270 g/mol. The summed E-state index contributed by atoms with van der Waals surface area (Å²) in [5, 5.41) is 10.6. The van der Waals surface area contributed by atoms with Gasteiger partial charge >= 0.3 is 39.5 Å². The van der Waals surface area contributed by atoms with E-state index in [9.17, 15) is 43.2 Å². The number of aliphatic hydroxyl groups excluding tert-OH is 1. The lowest BCUT2D eigenvalue weighted by atomic mass is 9.99. The molecular formula is C78H152O17P2. The van der Waals surface area contributed by atoms with Crippen molar-refractivity contribution in [3.8, 4) is 0 Å². The quantitative estimate of drug-likeness (QED) is 0.0222. The van der Waals surface area contributed by atoms with Crippen LogP contribution in [0.25, 0.3) is 0 Å². The standard InChI is InChI=1S/C78H152O17P2/c1-7-10-12-14-16-18-19-20-21-22-23-24-25-26-29-33-37-44-50-56-62-77(82)94-73(67-89-76(81)61-55-49-43-36-32-30-27-28-31-35-40-46-52-58-70(4)5)68-92-96(84,85)90-64-72(79)65-91-97(86,87)93-69-74(66-88-75(80)60-54-48-42-34-17-15-13-11-8-2)95-78(83)63-57-51-45-39-38-41-47-53-59-71(6)9-3/h70-74,79H,7-69H2,1-6H3,(H,84,85)(H,86,87)/t71?,72-,73-,74-/m1/s1. The van der Waals surface area contributed by atoms with Gasteiger partial charge in [0.2, 0.25) is 0 Å². The van der Waals surface area contributed by atoms with E-state index in [-0.39, 0.29) is 25.7 Å². The number of esters is 4. The first-order valence-corrected chi connectivity index (χ1v) is 43.5. The number of unbranched alkanes of at least 4 members (excludes halogenated alkanes) is 46. The molecule has 3 unspecified atom stereocenters. The minimum Gasteiger partial charge on any atom is -0.462 e. The fourth-order valence-corrected chi connectivity index (χ4v) is 13.6. The maximum Gasteiger partial charge on any atom is 0.472 e. The Kier molecular flexibility index (Phi) is 68.4. The molecule has 576 valence electrons. The van der Waals surface area contributed by atoms with Crippen molar-refractivity contribution in [3.05, 3.63) is 0 Å². The Bertz CT molecular complexity index is 1870. The van der Waals surface area contributed by atoms with Gasteiger partial charge in [0.15, 0.2) is 12.2 Å². The molecule has 0 aliphatic rings. The van der Waals surface area contributed by atoms with Gasteiger partial charge in [-0.15, -0.1) is 0 Å². The van der Waals surface area contributed by atoms with Crippen LogP contribution in [-0.4, -0.2) is 96.7 Å². The summed E-state index contributed by atoms with van der Waals surface area (Å²) in [7, 11) is -9.91. The summed E-state index contributed by atoms with van der Waals surface area (Å²) in [5.74, 6) is -0.555. The Morgan fingerprint density at radius 2 is 0.526 bits per heavy atom. The smallest absolute Gasteiger partial charge is 0.462 e. The van der Waals surface area contributed by atoms with Gasteiger partial charge in [0.05, 0.1) is 26.4 Å². The summed E-state index contributed by atoms with van der Waals surface area (Å²) >= 11 is 0.